The molecule has 6 nitrogen and oxygen atoms in total. The largest absolute Gasteiger partial charge is 0.418 e. The number of nitriles is 1. The van der Waals surface area contributed by atoms with Gasteiger partial charge in [-0.25, -0.2) is 0 Å². The molecule has 0 N–H and O–H groups in total. The van der Waals surface area contributed by atoms with Crippen molar-refractivity contribution in [3.8, 4) is 6.07 Å². The minimum absolute atomic E-state index is 0.116. The normalized spacial score (nSPS) is 15.4. The van der Waals surface area contributed by atoms with E-state index < -0.39 is 11.7 Å². The Balaban J connectivity index is 1.89. The van der Waals surface area contributed by atoms with Gasteiger partial charge in [0.2, 0.25) is 5.91 Å². The van der Waals surface area contributed by atoms with Crippen LogP contribution in [0, 0.1) is 11.3 Å². The number of rotatable bonds is 2. The molecule has 1 saturated heterocycles. The lowest BCUT2D eigenvalue weighted by Gasteiger charge is -2.36. The summed E-state index contributed by atoms with van der Waals surface area (Å²) in [6, 6.07) is 5.02. The van der Waals surface area contributed by atoms with Crippen LogP contribution in [0.1, 0.15) is 11.1 Å². The third kappa shape index (κ3) is 3.28. The number of alkyl halides is 3. The Morgan fingerprint density at radius 3 is 2.60 bits per heavy atom. The van der Waals surface area contributed by atoms with Crippen LogP contribution in [0.3, 0.4) is 0 Å². The van der Waals surface area contributed by atoms with Crippen molar-refractivity contribution in [1.82, 2.24) is 9.78 Å². The average Bonchev–Trinajstić information content (AvgIpc) is 2.99. The van der Waals surface area contributed by atoms with E-state index in [2.05, 4.69) is 5.10 Å². The van der Waals surface area contributed by atoms with Crippen molar-refractivity contribution < 1.29 is 18.0 Å². The highest BCUT2D eigenvalue weighted by Gasteiger charge is 2.37. The van der Waals surface area contributed by atoms with Crippen LogP contribution >= 0.6 is 0 Å². The van der Waals surface area contributed by atoms with Gasteiger partial charge in [-0.1, -0.05) is 0 Å². The molecule has 0 atom stereocenters. The van der Waals surface area contributed by atoms with Gasteiger partial charge in [0, 0.05) is 26.3 Å². The van der Waals surface area contributed by atoms with E-state index in [0.717, 1.165) is 12.1 Å². The number of carbonyl (C=O) groups excluding carboxylic acids is 1. The van der Waals surface area contributed by atoms with Crippen LogP contribution in [0.5, 0.6) is 0 Å². The predicted molar refractivity (Wildman–Crippen MR) is 83.9 cm³/mol. The molecule has 1 aliphatic rings. The first kappa shape index (κ1) is 16.8. The Bertz CT molecular complexity index is 852. The Hall–Kier alpha value is -3.02. The molecule has 1 aliphatic heterocycles. The Morgan fingerprint density at radius 1 is 1.28 bits per heavy atom. The summed E-state index contributed by atoms with van der Waals surface area (Å²) in [7, 11) is 1.72. The molecule has 0 bridgehead atoms. The molecule has 0 unspecified atom stereocenters. The fourth-order valence-electron chi connectivity index (χ4n) is 2.80. The Morgan fingerprint density at radius 2 is 2.04 bits per heavy atom. The summed E-state index contributed by atoms with van der Waals surface area (Å²) in [5.41, 5.74) is -0.279. The van der Waals surface area contributed by atoms with Gasteiger partial charge in [0.1, 0.15) is 0 Å². The first-order valence-corrected chi connectivity index (χ1v) is 7.45. The molecule has 25 heavy (non-hydrogen) atoms. The quantitative estimate of drug-likeness (QED) is 0.833. The zero-order valence-corrected chi connectivity index (χ0v) is 13.3. The van der Waals surface area contributed by atoms with Crippen LogP contribution in [-0.2, 0) is 18.0 Å². The lowest BCUT2D eigenvalue weighted by Crippen LogP contribution is -2.51. The molecule has 1 aromatic carbocycles. The number of anilines is 2. The highest BCUT2D eigenvalue weighted by Crippen LogP contribution is 2.37. The number of piperazine rings is 1. The summed E-state index contributed by atoms with van der Waals surface area (Å²) < 4.78 is 41.3. The van der Waals surface area contributed by atoms with Crippen molar-refractivity contribution in [2.45, 2.75) is 6.18 Å². The molecule has 1 fully saturated rings. The number of hydrogen-bond acceptors (Lipinski definition) is 4. The summed E-state index contributed by atoms with van der Waals surface area (Å²) in [6.07, 6.45) is -1.36. The summed E-state index contributed by atoms with van der Waals surface area (Å²) in [5, 5.41) is 13.0. The lowest BCUT2D eigenvalue weighted by molar-refractivity contribution is -0.137. The summed E-state index contributed by atoms with van der Waals surface area (Å²) in [6.45, 7) is 0.254. The van der Waals surface area contributed by atoms with Gasteiger partial charge in [-0.3, -0.25) is 9.48 Å². The van der Waals surface area contributed by atoms with Gasteiger partial charge in [0.15, 0.2) is 0 Å². The molecule has 130 valence electrons. The van der Waals surface area contributed by atoms with Crippen LogP contribution in [0.15, 0.2) is 30.6 Å². The molecule has 9 heteroatoms. The number of aromatic nitrogens is 2. The second kappa shape index (κ2) is 6.12. The third-order valence-electron chi connectivity index (χ3n) is 4.00. The van der Waals surface area contributed by atoms with Gasteiger partial charge in [-0.05, 0) is 18.2 Å². The van der Waals surface area contributed by atoms with Gasteiger partial charge < -0.3 is 9.80 Å². The highest BCUT2D eigenvalue weighted by molar-refractivity contribution is 5.97. The van der Waals surface area contributed by atoms with Crippen LogP contribution < -0.4 is 9.80 Å². The summed E-state index contributed by atoms with van der Waals surface area (Å²) in [5.74, 6) is -0.324. The first-order chi connectivity index (χ1) is 11.8. The van der Waals surface area contributed by atoms with Gasteiger partial charge in [0.05, 0.1) is 41.3 Å². The van der Waals surface area contributed by atoms with Crippen LogP contribution in [0.4, 0.5) is 24.5 Å². The fraction of sp³-hybridized carbons (Fsp3) is 0.312. The second-order valence-electron chi connectivity index (χ2n) is 5.68. The molecular weight excluding hydrogens is 335 g/mol. The van der Waals surface area contributed by atoms with Crippen LogP contribution in [-0.4, -0.2) is 35.3 Å². The second-order valence-corrected chi connectivity index (χ2v) is 5.68. The van der Waals surface area contributed by atoms with Gasteiger partial charge in [0.25, 0.3) is 0 Å². The monoisotopic (exact) mass is 349 g/mol. The topological polar surface area (TPSA) is 65.2 Å². The van der Waals surface area contributed by atoms with E-state index in [4.69, 9.17) is 5.26 Å². The molecule has 3 rings (SSSR count). The van der Waals surface area contributed by atoms with Crippen molar-refractivity contribution >= 4 is 17.3 Å². The van der Waals surface area contributed by atoms with Crippen molar-refractivity contribution in [3.05, 3.63) is 41.7 Å². The number of halogens is 3. The van der Waals surface area contributed by atoms with Crippen molar-refractivity contribution in [3.63, 3.8) is 0 Å². The van der Waals surface area contributed by atoms with Crippen molar-refractivity contribution in [2.75, 3.05) is 29.4 Å². The molecule has 2 heterocycles. The predicted octanol–water partition coefficient (Wildman–Crippen LogP) is 2.16. The van der Waals surface area contributed by atoms with E-state index in [1.807, 2.05) is 6.07 Å². The standard InChI is InChI=1S/C16H14F3N5O/c1-22-9-12(8-21-22)24-5-4-23(10-15(24)25)14-6-11(7-20)2-3-13(14)16(17,18)19/h2-3,6,8-9H,4-5,10H2,1H3. The number of aryl methyl sites for hydroxylation is 1. The smallest absolute Gasteiger partial charge is 0.360 e. The number of carbonyl (C=O) groups is 1. The summed E-state index contributed by atoms with van der Waals surface area (Å²) >= 11 is 0. The maximum Gasteiger partial charge on any atom is 0.418 e. The zero-order valence-electron chi connectivity index (χ0n) is 13.3. The minimum atomic E-state index is -4.56. The van der Waals surface area contributed by atoms with E-state index in [0.29, 0.717) is 5.69 Å². The van der Waals surface area contributed by atoms with Crippen molar-refractivity contribution in [2.24, 2.45) is 7.05 Å². The molecule has 0 spiro atoms. The van der Waals surface area contributed by atoms with E-state index in [-0.39, 0.29) is 36.8 Å². The van der Waals surface area contributed by atoms with E-state index in [1.165, 1.54) is 22.1 Å². The maximum atomic E-state index is 13.3. The van der Waals surface area contributed by atoms with E-state index >= 15 is 0 Å². The molecule has 1 amide bonds. The fourth-order valence-corrected chi connectivity index (χ4v) is 2.80. The Kier molecular flexibility index (Phi) is 4.12. The summed E-state index contributed by atoms with van der Waals surface area (Å²) in [4.78, 5) is 15.3. The maximum absolute atomic E-state index is 13.3. The SMILES string of the molecule is Cn1cc(N2CCN(c3cc(C#N)ccc3C(F)(F)F)CC2=O)cn1. The van der Waals surface area contributed by atoms with Gasteiger partial charge >= 0.3 is 6.18 Å². The first-order valence-electron chi connectivity index (χ1n) is 7.45. The van der Waals surface area contributed by atoms with Gasteiger partial charge in [-0.2, -0.15) is 23.5 Å². The molecule has 2 aromatic rings. The highest BCUT2D eigenvalue weighted by atomic mass is 19.4. The van der Waals surface area contributed by atoms with Crippen LogP contribution in [0.25, 0.3) is 0 Å². The number of benzene rings is 1. The Labute approximate surface area is 141 Å². The number of hydrogen-bond donors (Lipinski definition) is 0. The zero-order chi connectivity index (χ0) is 18.2. The minimum Gasteiger partial charge on any atom is -0.360 e. The van der Waals surface area contributed by atoms with E-state index in [9.17, 15) is 18.0 Å². The average molecular weight is 349 g/mol. The van der Waals surface area contributed by atoms with E-state index in [1.54, 1.807) is 17.9 Å². The van der Waals surface area contributed by atoms with Gasteiger partial charge in [-0.15, -0.1) is 0 Å². The molecule has 0 radical (unpaired) electrons. The molecule has 0 saturated carbocycles. The number of nitrogens with zero attached hydrogens (tertiary/aromatic N) is 5. The molecule has 1 aromatic heterocycles. The third-order valence-corrected chi connectivity index (χ3v) is 4.00. The lowest BCUT2D eigenvalue weighted by atomic mass is 10.1. The van der Waals surface area contributed by atoms with Crippen molar-refractivity contribution in [1.29, 1.82) is 5.26 Å². The molecular formula is C16H14F3N5O. The molecule has 0 aliphatic carbocycles. The number of amides is 1. The van der Waals surface area contributed by atoms with Crippen LogP contribution in [0.2, 0.25) is 0 Å².